The van der Waals surface area contributed by atoms with Gasteiger partial charge in [-0.3, -0.25) is 0 Å². The lowest BCUT2D eigenvalue weighted by Gasteiger charge is -2.35. The summed E-state index contributed by atoms with van der Waals surface area (Å²) in [6.45, 7) is 4.20. The Labute approximate surface area is 254 Å². The fourth-order valence-corrected chi connectivity index (χ4v) is 7.21. The Hall–Kier alpha value is -3.14. The van der Waals surface area contributed by atoms with Crippen molar-refractivity contribution in [1.82, 2.24) is 0 Å². The number of hydrogen-bond acceptors (Lipinski definition) is 0. The van der Waals surface area contributed by atoms with E-state index in [0.29, 0.717) is 40.5 Å². The van der Waals surface area contributed by atoms with Crippen LogP contribution in [0, 0.1) is 41.0 Å². The normalized spacial score (nSPS) is 20.9. The van der Waals surface area contributed by atoms with Crippen molar-refractivity contribution in [3.05, 3.63) is 101 Å². The van der Waals surface area contributed by atoms with E-state index in [1.165, 1.54) is 25.7 Å². The van der Waals surface area contributed by atoms with Crippen LogP contribution in [0.15, 0.2) is 66.8 Å². The maximum atomic E-state index is 15.4. The second-order valence-corrected chi connectivity index (χ2v) is 12.5. The molecule has 0 bridgehead atoms. The SMILES string of the molecule is CC=CC1CCC(C2CC=C(c3ccc(-c4ccc(-c5ccc(CCCCCC)c(F)c5F)cc4)c(F)c3F)CC2)CC1. The van der Waals surface area contributed by atoms with Gasteiger partial charge >= 0.3 is 0 Å². The average Bonchev–Trinajstić information content (AvgIpc) is 3.03. The molecule has 2 aliphatic carbocycles. The number of benzene rings is 3. The number of rotatable bonds is 10. The lowest BCUT2D eigenvalue weighted by Crippen LogP contribution is -2.22. The maximum absolute atomic E-state index is 15.4. The van der Waals surface area contributed by atoms with Gasteiger partial charge < -0.3 is 0 Å². The zero-order chi connectivity index (χ0) is 30.3. The summed E-state index contributed by atoms with van der Waals surface area (Å²) in [6.07, 6.45) is 18.9. The van der Waals surface area contributed by atoms with Crippen molar-refractivity contribution < 1.29 is 17.6 Å². The third kappa shape index (κ3) is 7.16. The molecule has 0 heterocycles. The first-order valence-electron chi connectivity index (χ1n) is 16.3. The molecule has 0 spiro atoms. The number of hydrogen-bond donors (Lipinski definition) is 0. The predicted molar refractivity (Wildman–Crippen MR) is 171 cm³/mol. The van der Waals surface area contributed by atoms with Gasteiger partial charge in [-0.15, -0.1) is 0 Å². The molecule has 3 aromatic carbocycles. The van der Waals surface area contributed by atoms with E-state index in [-0.39, 0.29) is 11.1 Å². The van der Waals surface area contributed by atoms with E-state index in [9.17, 15) is 8.78 Å². The van der Waals surface area contributed by atoms with Crippen LogP contribution >= 0.6 is 0 Å². The molecular formula is C39H44F4. The fourth-order valence-electron chi connectivity index (χ4n) is 7.21. The standard InChI is InChI=1S/C39H44F4/c1-3-5-6-7-9-32-22-23-33(37(41)36(32)40)30-18-20-31(21-19-30)35-25-24-34(38(42)39(35)43)29-16-14-28(15-17-29)27-12-10-26(8-4-2)11-13-27/h4,8,16,18-28H,3,5-7,9-15,17H2,1-2H3. The summed E-state index contributed by atoms with van der Waals surface area (Å²) in [7, 11) is 0. The van der Waals surface area contributed by atoms with Crippen molar-refractivity contribution in [2.45, 2.75) is 90.9 Å². The zero-order valence-electron chi connectivity index (χ0n) is 25.6. The van der Waals surface area contributed by atoms with E-state index in [1.54, 1.807) is 48.5 Å². The second kappa shape index (κ2) is 14.6. The van der Waals surface area contributed by atoms with E-state index in [0.717, 1.165) is 56.4 Å². The molecule has 1 saturated carbocycles. The van der Waals surface area contributed by atoms with E-state index in [1.807, 2.05) is 0 Å². The molecule has 3 aromatic rings. The molecular weight excluding hydrogens is 544 g/mol. The highest BCUT2D eigenvalue weighted by atomic mass is 19.2. The number of halogens is 4. The van der Waals surface area contributed by atoms with Gasteiger partial charge in [0, 0.05) is 16.7 Å². The topological polar surface area (TPSA) is 0 Å². The summed E-state index contributed by atoms with van der Waals surface area (Å²) in [5.74, 6) is -1.30. The Morgan fingerprint density at radius 2 is 1.26 bits per heavy atom. The quantitative estimate of drug-likeness (QED) is 0.126. The lowest BCUT2D eigenvalue weighted by molar-refractivity contribution is 0.212. The van der Waals surface area contributed by atoms with Crippen LogP contribution in [0.5, 0.6) is 0 Å². The number of allylic oxidation sites excluding steroid dienone is 4. The van der Waals surface area contributed by atoms with Crippen LogP contribution in [0.2, 0.25) is 0 Å². The molecule has 228 valence electrons. The first-order chi connectivity index (χ1) is 20.9. The number of aryl methyl sites for hydroxylation is 1. The Kier molecular flexibility index (Phi) is 10.6. The molecule has 0 amide bonds. The van der Waals surface area contributed by atoms with Gasteiger partial charge in [-0.25, -0.2) is 17.6 Å². The summed E-state index contributed by atoms with van der Waals surface area (Å²) in [4.78, 5) is 0. The van der Waals surface area contributed by atoms with Gasteiger partial charge in [0.1, 0.15) is 0 Å². The molecule has 0 radical (unpaired) electrons. The van der Waals surface area contributed by atoms with Crippen LogP contribution in [0.25, 0.3) is 27.8 Å². The van der Waals surface area contributed by atoms with Gasteiger partial charge in [0.2, 0.25) is 0 Å². The Morgan fingerprint density at radius 3 is 1.86 bits per heavy atom. The minimum atomic E-state index is -0.875. The van der Waals surface area contributed by atoms with E-state index in [4.69, 9.17) is 0 Å². The number of unbranched alkanes of at least 4 members (excludes halogenated alkanes) is 3. The average molecular weight is 589 g/mol. The van der Waals surface area contributed by atoms with Gasteiger partial charge in [0.05, 0.1) is 0 Å². The minimum Gasteiger partial charge on any atom is -0.203 e. The lowest BCUT2D eigenvalue weighted by atomic mass is 9.71. The van der Waals surface area contributed by atoms with E-state index in [2.05, 4.69) is 32.1 Å². The van der Waals surface area contributed by atoms with Gasteiger partial charge in [-0.2, -0.15) is 0 Å². The highest BCUT2D eigenvalue weighted by Gasteiger charge is 2.29. The molecule has 1 atom stereocenters. The molecule has 1 unspecified atom stereocenters. The van der Waals surface area contributed by atoms with Crippen LogP contribution in [0.1, 0.15) is 95.6 Å². The summed E-state index contributed by atoms with van der Waals surface area (Å²) in [5, 5.41) is 0. The van der Waals surface area contributed by atoms with E-state index >= 15 is 8.78 Å². The van der Waals surface area contributed by atoms with Crippen LogP contribution < -0.4 is 0 Å². The van der Waals surface area contributed by atoms with Crippen molar-refractivity contribution in [3.8, 4) is 22.3 Å². The van der Waals surface area contributed by atoms with Crippen molar-refractivity contribution in [2.24, 2.45) is 17.8 Å². The van der Waals surface area contributed by atoms with Crippen molar-refractivity contribution in [3.63, 3.8) is 0 Å². The van der Waals surface area contributed by atoms with Crippen LogP contribution in [-0.4, -0.2) is 0 Å². The van der Waals surface area contributed by atoms with Crippen molar-refractivity contribution in [1.29, 1.82) is 0 Å². The van der Waals surface area contributed by atoms with Gasteiger partial charge in [0.15, 0.2) is 23.3 Å². The molecule has 43 heavy (non-hydrogen) atoms. The molecule has 0 N–H and O–H groups in total. The third-order valence-corrected chi connectivity index (χ3v) is 9.80. The van der Waals surface area contributed by atoms with E-state index < -0.39 is 23.3 Å². The van der Waals surface area contributed by atoms with Crippen LogP contribution in [-0.2, 0) is 6.42 Å². The van der Waals surface area contributed by atoms with Crippen LogP contribution in [0.4, 0.5) is 17.6 Å². The van der Waals surface area contributed by atoms with Gasteiger partial charge in [0.25, 0.3) is 0 Å². The Balaban J connectivity index is 1.26. The molecule has 4 heteroatoms. The highest BCUT2D eigenvalue weighted by Crippen LogP contribution is 2.42. The molecule has 2 aliphatic rings. The van der Waals surface area contributed by atoms with Crippen LogP contribution in [0.3, 0.4) is 0 Å². The maximum Gasteiger partial charge on any atom is 0.167 e. The molecule has 1 fully saturated rings. The monoisotopic (exact) mass is 588 g/mol. The van der Waals surface area contributed by atoms with Gasteiger partial charge in [-0.05, 0) is 105 Å². The predicted octanol–water partition coefficient (Wildman–Crippen LogP) is 12.3. The minimum absolute atomic E-state index is 0.161. The molecule has 0 saturated heterocycles. The molecule has 0 nitrogen and oxygen atoms in total. The summed E-state index contributed by atoms with van der Waals surface area (Å²) >= 11 is 0. The highest BCUT2D eigenvalue weighted by molar-refractivity contribution is 5.74. The summed E-state index contributed by atoms with van der Waals surface area (Å²) in [5.41, 5.74) is 2.94. The Morgan fingerprint density at radius 1 is 0.651 bits per heavy atom. The van der Waals surface area contributed by atoms with Crippen molar-refractivity contribution in [2.75, 3.05) is 0 Å². The largest absolute Gasteiger partial charge is 0.203 e. The first-order valence-corrected chi connectivity index (χ1v) is 16.3. The molecule has 5 rings (SSSR count). The summed E-state index contributed by atoms with van der Waals surface area (Å²) < 4.78 is 60.5. The smallest absolute Gasteiger partial charge is 0.167 e. The Bertz CT molecular complexity index is 1440. The molecule has 0 aliphatic heterocycles. The summed E-state index contributed by atoms with van der Waals surface area (Å²) in [6, 6.07) is 13.1. The zero-order valence-corrected chi connectivity index (χ0v) is 25.6. The second-order valence-electron chi connectivity index (χ2n) is 12.5. The van der Waals surface area contributed by atoms with Crippen molar-refractivity contribution >= 4 is 5.57 Å². The van der Waals surface area contributed by atoms with Gasteiger partial charge in [-0.1, -0.05) is 92.9 Å². The third-order valence-electron chi connectivity index (χ3n) is 9.80. The molecule has 0 aromatic heterocycles. The fraction of sp³-hybridized carbons (Fsp3) is 0.436. The first kappa shape index (κ1) is 31.3.